The van der Waals surface area contributed by atoms with E-state index in [1.807, 2.05) is 13.8 Å². The maximum atomic E-state index is 12.8. The van der Waals surface area contributed by atoms with Crippen LogP contribution < -0.4 is 27.4 Å². The smallest absolute Gasteiger partial charge is 0.326 e. The van der Waals surface area contributed by atoms with Gasteiger partial charge in [-0.15, -0.1) is 0 Å². The van der Waals surface area contributed by atoms with Gasteiger partial charge in [0.1, 0.15) is 18.1 Å². The molecule has 33 heavy (non-hydrogen) atoms. The van der Waals surface area contributed by atoms with E-state index >= 15 is 0 Å². The van der Waals surface area contributed by atoms with E-state index in [9.17, 15) is 33.9 Å². The van der Waals surface area contributed by atoms with E-state index < -0.39 is 72.1 Å². The van der Waals surface area contributed by atoms with Crippen LogP contribution in [0.15, 0.2) is 0 Å². The number of carbonyl (C=O) groups is 6. The fourth-order valence-corrected chi connectivity index (χ4v) is 2.87. The first-order valence-electron chi connectivity index (χ1n) is 10.5. The molecule has 13 nitrogen and oxygen atoms in total. The third kappa shape index (κ3) is 11.8. The predicted molar refractivity (Wildman–Crippen MR) is 116 cm³/mol. The summed E-state index contributed by atoms with van der Waals surface area (Å²) in [6.07, 6.45) is -1.01. The van der Waals surface area contributed by atoms with Crippen LogP contribution in [0, 0.1) is 11.8 Å². The molecule has 0 heterocycles. The van der Waals surface area contributed by atoms with Gasteiger partial charge in [0.25, 0.3) is 0 Å². The molecule has 0 aliphatic rings. The molecule has 0 aromatic heterocycles. The molecule has 188 valence electrons. The molecule has 4 atom stereocenters. The summed E-state index contributed by atoms with van der Waals surface area (Å²) in [5.41, 5.74) is 10.9. The molecule has 0 aliphatic carbocycles. The minimum Gasteiger partial charge on any atom is -0.481 e. The second-order valence-corrected chi connectivity index (χ2v) is 8.53. The number of hydrogen-bond acceptors (Lipinski definition) is 7. The maximum Gasteiger partial charge on any atom is 0.326 e. The topological polar surface area (TPSA) is 231 Å². The van der Waals surface area contributed by atoms with Gasteiger partial charge in [-0.05, 0) is 24.7 Å². The molecule has 0 bridgehead atoms. The average Bonchev–Trinajstić information content (AvgIpc) is 2.66. The minimum absolute atomic E-state index is 0.0930. The van der Waals surface area contributed by atoms with E-state index in [0.717, 1.165) is 0 Å². The first-order chi connectivity index (χ1) is 15.1. The van der Waals surface area contributed by atoms with Gasteiger partial charge in [-0.1, -0.05) is 27.7 Å². The van der Waals surface area contributed by atoms with Crippen molar-refractivity contribution in [2.45, 2.75) is 77.5 Å². The van der Waals surface area contributed by atoms with E-state index in [2.05, 4.69) is 16.0 Å². The Kier molecular flexibility index (Phi) is 12.7. The van der Waals surface area contributed by atoms with Crippen LogP contribution in [0.3, 0.4) is 0 Å². The van der Waals surface area contributed by atoms with Gasteiger partial charge in [0.2, 0.25) is 23.6 Å². The summed E-state index contributed by atoms with van der Waals surface area (Å²) in [6, 6.07) is -5.21. The van der Waals surface area contributed by atoms with Gasteiger partial charge in [0.15, 0.2) is 0 Å². The average molecular weight is 474 g/mol. The van der Waals surface area contributed by atoms with E-state index in [1.54, 1.807) is 13.8 Å². The fourth-order valence-electron chi connectivity index (χ4n) is 2.87. The van der Waals surface area contributed by atoms with Crippen LogP contribution in [0.4, 0.5) is 0 Å². The van der Waals surface area contributed by atoms with Crippen LogP contribution in [0.5, 0.6) is 0 Å². The molecule has 0 spiro atoms. The van der Waals surface area contributed by atoms with Gasteiger partial charge in [-0.2, -0.15) is 0 Å². The van der Waals surface area contributed by atoms with Crippen molar-refractivity contribution < 1.29 is 39.0 Å². The zero-order chi connectivity index (χ0) is 25.9. The monoisotopic (exact) mass is 473 g/mol. The SMILES string of the molecule is CC(C)C[C@H](N)C(=O)N[C@@H](CCC(N)=O)C(=O)N[C@@H](CC(=O)O)C(=O)N[C@H](C(=O)O)C(C)C. The molecule has 4 amide bonds. The van der Waals surface area contributed by atoms with Crippen molar-refractivity contribution in [1.82, 2.24) is 16.0 Å². The number of carbonyl (C=O) groups excluding carboxylic acids is 4. The number of nitrogens with two attached hydrogens (primary N) is 2. The highest BCUT2D eigenvalue weighted by molar-refractivity contribution is 5.95. The van der Waals surface area contributed by atoms with Crippen molar-refractivity contribution in [3.63, 3.8) is 0 Å². The molecule has 0 aliphatic heterocycles. The number of hydrogen-bond donors (Lipinski definition) is 7. The lowest BCUT2D eigenvalue weighted by molar-refractivity contribution is -0.144. The Morgan fingerprint density at radius 3 is 1.76 bits per heavy atom. The zero-order valence-electron chi connectivity index (χ0n) is 19.3. The molecule has 9 N–H and O–H groups in total. The van der Waals surface area contributed by atoms with Crippen molar-refractivity contribution in [3.8, 4) is 0 Å². The van der Waals surface area contributed by atoms with Crippen molar-refractivity contribution in [1.29, 1.82) is 0 Å². The second kappa shape index (κ2) is 14.0. The number of rotatable bonds is 15. The number of aliphatic carboxylic acids is 2. The molecular weight excluding hydrogens is 438 g/mol. The Morgan fingerprint density at radius 2 is 1.33 bits per heavy atom. The van der Waals surface area contributed by atoms with Gasteiger partial charge in [-0.25, -0.2) is 4.79 Å². The fraction of sp³-hybridized carbons (Fsp3) is 0.700. The second-order valence-electron chi connectivity index (χ2n) is 8.53. The summed E-state index contributed by atoms with van der Waals surface area (Å²) in [6.45, 7) is 6.78. The predicted octanol–water partition coefficient (Wildman–Crippen LogP) is -1.70. The zero-order valence-corrected chi connectivity index (χ0v) is 19.3. The molecule has 0 saturated carbocycles. The number of carboxylic acid groups (broad SMARTS) is 2. The molecule has 13 heteroatoms. The lowest BCUT2D eigenvalue weighted by Gasteiger charge is -2.25. The van der Waals surface area contributed by atoms with Gasteiger partial charge in [0.05, 0.1) is 12.5 Å². The number of nitrogens with one attached hydrogen (secondary N) is 3. The van der Waals surface area contributed by atoms with Crippen molar-refractivity contribution in [2.24, 2.45) is 23.3 Å². The van der Waals surface area contributed by atoms with Crippen LogP contribution in [0.1, 0.15) is 53.4 Å². The molecule has 0 fully saturated rings. The highest BCUT2D eigenvalue weighted by Gasteiger charge is 2.32. The summed E-state index contributed by atoms with van der Waals surface area (Å²) in [7, 11) is 0. The summed E-state index contributed by atoms with van der Waals surface area (Å²) >= 11 is 0. The highest BCUT2D eigenvalue weighted by Crippen LogP contribution is 2.07. The van der Waals surface area contributed by atoms with E-state index in [-0.39, 0.29) is 18.8 Å². The van der Waals surface area contributed by atoms with Gasteiger partial charge >= 0.3 is 11.9 Å². The Balaban J connectivity index is 5.58. The molecule has 0 aromatic rings. The molecular formula is C20H35N5O8. The van der Waals surface area contributed by atoms with Crippen LogP contribution in [-0.2, 0) is 28.8 Å². The van der Waals surface area contributed by atoms with Gasteiger partial charge in [0, 0.05) is 6.42 Å². The Labute approximate surface area is 192 Å². The quantitative estimate of drug-likeness (QED) is 0.143. The largest absolute Gasteiger partial charge is 0.481 e. The van der Waals surface area contributed by atoms with Crippen molar-refractivity contribution >= 4 is 35.6 Å². The van der Waals surface area contributed by atoms with Gasteiger partial charge in [-0.3, -0.25) is 24.0 Å². The normalized spacial score (nSPS) is 14.6. The number of carboxylic acids is 2. The molecule has 0 aromatic carbocycles. The van der Waals surface area contributed by atoms with Crippen LogP contribution >= 0.6 is 0 Å². The minimum atomic E-state index is -1.63. The first-order valence-corrected chi connectivity index (χ1v) is 10.5. The summed E-state index contributed by atoms with van der Waals surface area (Å²) in [5.74, 6) is -6.56. The first kappa shape index (κ1) is 29.8. The maximum absolute atomic E-state index is 12.8. The third-order valence-electron chi connectivity index (χ3n) is 4.62. The van der Waals surface area contributed by atoms with Crippen molar-refractivity contribution in [2.75, 3.05) is 0 Å². The highest BCUT2D eigenvalue weighted by atomic mass is 16.4. The lowest BCUT2D eigenvalue weighted by atomic mass is 10.0. The Bertz CT molecular complexity index is 740. The number of primary amides is 1. The van der Waals surface area contributed by atoms with Crippen LogP contribution in [0.2, 0.25) is 0 Å². The molecule has 0 unspecified atom stereocenters. The molecule has 0 radical (unpaired) electrons. The molecule has 0 saturated heterocycles. The summed E-state index contributed by atoms with van der Waals surface area (Å²) in [5, 5.41) is 25.2. The van der Waals surface area contributed by atoms with E-state index in [0.29, 0.717) is 6.42 Å². The van der Waals surface area contributed by atoms with Gasteiger partial charge < -0.3 is 37.6 Å². The van der Waals surface area contributed by atoms with E-state index in [4.69, 9.17) is 16.6 Å². The van der Waals surface area contributed by atoms with Crippen LogP contribution in [0.25, 0.3) is 0 Å². The van der Waals surface area contributed by atoms with E-state index in [1.165, 1.54) is 0 Å². The summed E-state index contributed by atoms with van der Waals surface area (Å²) in [4.78, 5) is 71.4. The standard InChI is InChI=1S/C20H35N5O8/c1-9(2)7-11(21)17(29)23-12(5-6-14(22)26)18(30)24-13(8-15(27)28)19(31)25-16(10(3)4)20(32)33/h9-13,16H,5-8,21H2,1-4H3,(H2,22,26)(H,23,29)(H,24,30)(H,25,31)(H,27,28)(H,32,33)/t11-,12-,13-,16-/m0/s1. The van der Waals surface area contributed by atoms with Crippen molar-refractivity contribution in [3.05, 3.63) is 0 Å². The Hall–Kier alpha value is -3.22. The molecule has 0 rings (SSSR count). The Morgan fingerprint density at radius 1 is 0.818 bits per heavy atom. The lowest BCUT2D eigenvalue weighted by Crippen LogP contribution is -2.58. The van der Waals surface area contributed by atoms with Crippen LogP contribution in [-0.4, -0.2) is 69.9 Å². The third-order valence-corrected chi connectivity index (χ3v) is 4.62. The number of amides is 4. The summed E-state index contributed by atoms with van der Waals surface area (Å²) < 4.78 is 0.